The van der Waals surface area contributed by atoms with Crippen LogP contribution in [0.25, 0.3) is 0 Å². The lowest BCUT2D eigenvalue weighted by molar-refractivity contribution is 1.18. The van der Waals surface area contributed by atoms with Crippen molar-refractivity contribution in [1.82, 2.24) is 0 Å². The summed E-state index contributed by atoms with van der Waals surface area (Å²) in [5, 5.41) is 0. The molecule has 8 heavy (non-hydrogen) atoms. The van der Waals surface area contributed by atoms with Gasteiger partial charge in [0.05, 0.1) is 0 Å². The Morgan fingerprint density at radius 2 is 2.38 bits per heavy atom. The van der Waals surface area contributed by atoms with Gasteiger partial charge in [0.1, 0.15) is 0 Å². The third-order valence-corrected chi connectivity index (χ3v) is 3.23. The first kappa shape index (κ1) is 5.98. The molecule has 0 atom stereocenters. The molecule has 0 fully saturated rings. The van der Waals surface area contributed by atoms with E-state index in [0.29, 0.717) is 0 Å². The molecule has 1 aromatic heterocycles. The molecule has 0 N–H and O–H groups in total. The fourth-order valence-corrected chi connectivity index (χ4v) is 2.37. The first-order valence-electron chi connectivity index (χ1n) is 2.42. The zero-order valence-electron chi connectivity index (χ0n) is 4.51. The third kappa shape index (κ3) is 1.17. The lowest BCUT2D eigenvalue weighted by Crippen LogP contribution is -1.82. The van der Waals surface area contributed by atoms with Crippen LogP contribution in [0.4, 0.5) is 0 Å². The molecule has 1 rings (SSSR count). The highest BCUT2D eigenvalue weighted by Crippen LogP contribution is 2.09. The smallest absolute Gasteiger partial charge is 0.243 e. The summed E-state index contributed by atoms with van der Waals surface area (Å²) >= 11 is 0. The lowest BCUT2D eigenvalue weighted by Gasteiger charge is -1.76. The maximum absolute atomic E-state index is 10.5. The van der Waals surface area contributed by atoms with Gasteiger partial charge in [0.15, 0.2) is 0 Å². The van der Waals surface area contributed by atoms with Gasteiger partial charge < -0.3 is 0 Å². The SMILES string of the molecule is CCc1cc(=O)ss1. The molecule has 0 saturated heterocycles. The largest absolute Gasteiger partial charge is 0.277 e. The van der Waals surface area contributed by atoms with Gasteiger partial charge in [-0.3, -0.25) is 4.79 Å². The normalized spacial score (nSPS) is 9.62. The number of hydrogen-bond acceptors (Lipinski definition) is 3. The Hall–Kier alpha value is -0.150. The van der Waals surface area contributed by atoms with Gasteiger partial charge in [0, 0.05) is 10.9 Å². The summed E-state index contributed by atoms with van der Waals surface area (Å²) in [6.45, 7) is 2.05. The van der Waals surface area contributed by atoms with Crippen LogP contribution in [0.15, 0.2) is 10.9 Å². The van der Waals surface area contributed by atoms with Crippen molar-refractivity contribution in [1.29, 1.82) is 0 Å². The average molecular weight is 146 g/mol. The third-order valence-electron chi connectivity index (χ3n) is 0.858. The van der Waals surface area contributed by atoms with Gasteiger partial charge in [0.25, 0.3) is 0 Å². The molecule has 0 amide bonds. The first-order chi connectivity index (χ1) is 3.83. The van der Waals surface area contributed by atoms with Crippen LogP contribution in [-0.4, -0.2) is 0 Å². The number of hydrogen-bond donors (Lipinski definition) is 0. The van der Waals surface area contributed by atoms with E-state index < -0.39 is 0 Å². The topological polar surface area (TPSA) is 17.1 Å². The van der Waals surface area contributed by atoms with Crippen molar-refractivity contribution in [3.05, 3.63) is 20.5 Å². The zero-order valence-corrected chi connectivity index (χ0v) is 6.14. The predicted molar refractivity (Wildman–Crippen MR) is 37.8 cm³/mol. The minimum Gasteiger partial charge on any atom is -0.277 e. The van der Waals surface area contributed by atoms with Gasteiger partial charge in [-0.15, -0.1) is 0 Å². The quantitative estimate of drug-likeness (QED) is 0.551. The molecule has 0 saturated carbocycles. The summed E-state index contributed by atoms with van der Waals surface area (Å²) in [4.78, 5) is 11.7. The van der Waals surface area contributed by atoms with E-state index in [9.17, 15) is 4.79 Å². The maximum atomic E-state index is 10.5. The van der Waals surface area contributed by atoms with Crippen LogP contribution in [0.3, 0.4) is 0 Å². The molecule has 0 aliphatic heterocycles. The maximum Gasteiger partial charge on any atom is 0.243 e. The zero-order chi connectivity index (χ0) is 5.98. The van der Waals surface area contributed by atoms with Crippen molar-refractivity contribution in [3.8, 4) is 0 Å². The van der Waals surface area contributed by atoms with Gasteiger partial charge in [-0.1, -0.05) is 17.3 Å². The van der Waals surface area contributed by atoms with E-state index in [2.05, 4.69) is 6.92 Å². The van der Waals surface area contributed by atoms with E-state index >= 15 is 0 Å². The summed E-state index contributed by atoms with van der Waals surface area (Å²) in [6.07, 6.45) is 0.989. The average Bonchev–Trinajstić information content (AvgIpc) is 2.14. The Morgan fingerprint density at radius 1 is 1.62 bits per heavy atom. The van der Waals surface area contributed by atoms with Crippen molar-refractivity contribution < 1.29 is 0 Å². The van der Waals surface area contributed by atoms with Gasteiger partial charge in [-0.2, -0.15) is 0 Å². The molecule has 1 nitrogen and oxygen atoms in total. The highest BCUT2D eigenvalue weighted by molar-refractivity contribution is 7.68. The lowest BCUT2D eigenvalue weighted by atomic mass is 10.4. The Morgan fingerprint density at radius 3 is 2.62 bits per heavy atom. The second-order valence-electron chi connectivity index (χ2n) is 1.45. The molecule has 0 bridgehead atoms. The highest BCUT2D eigenvalue weighted by Gasteiger charge is 1.91. The predicted octanol–water partition coefficient (Wildman–Crippen LogP) is 1.73. The van der Waals surface area contributed by atoms with Crippen LogP contribution in [0, 0.1) is 0 Å². The van der Waals surface area contributed by atoms with Crippen LogP contribution in [0.1, 0.15) is 11.8 Å². The van der Waals surface area contributed by atoms with Crippen LogP contribution in [0.5, 0.6) is 0 Å². The standard InChI is InChI=1S/C5H6OS2/c1-2-4-3-5(6)8-7-4/h3H,2H2,1H3. The Kier molecular flexibility index (Phi) is 1.81. The van der Waals surface area contributed by atoms with E-state index in [-0.39, 0.29) is 4.74 Å². The summed E-state index contributed by atoms with van der Waals surface area (Å²) < 4.78 is 0.187. The molecule has 3 heteroatoms. The van der Waals surface area contributed by atoms with Crippen molar-refractivity contribution in [2.75, 3.05) is 0 Å². The van der Waals surface area contributed by atoms with Gasteiger partial charge in [0.2, 0.25) is 4.74 Å². The van der Waals surface area contributed by atoms with Crippen molar-refractivity contribution in [2.24, 2.45) is 0 Å². The van der Waals surface area contributed by atoms with E-state index in [1.165, 1.54) is 15.2 Å². The molecule has 0 spiro atoms. The summed E-state index contributed by atoms with van der Waals surface area (Å²) in [7, 11) is 2.89. The molecule has 1 heterocycles. The van der Waals surface area contributed by atoms with Crippen molar-refractivity contribution >= 4 is 20.7 Å². The summed E-state index contributed by atoms with van der Waals surface area (Å²) in [5.41, 5.74) is 0. The fraction of sp³-hybridized carbons (Fsp3) is 0.400. The van der Waals surface area contributed by atoms with E-state index in [1.807, 2.05) is 0 Å². The number of aryl methyl sites for hydroxylation is 1. The van der Waals surface area contributed by atoms with Gasteiger partial charge in [-0.25, -0.2) is 0 Å². The molecule has 0 aliphatic rings. The van der Waals surface area contributed by atoms with E-state index in [0.717, 1.165) is 6.42 Å². The molecule has 0 aromatic carbocycles. The van der Waals surface area contributed by atoms with Gasteiger partial charge in [-0.05, 0) is 16.8 Å². The second-order valence-corrected chi connectivity index (χ2v) is 3.71. The van der Waals surface area contributed by atoms with Crippen LogP contribution in [-0.2, 0) is 6.42 Å². The Bertz CT molecular complexity index is 210. The van der Waals surface area contributed by atoms with Gasteiger partial charge >= 0.3 is 0 Å². The molecule has 44 valence electrons. The van der Waals surface area contributed by atoms with Crippen molar-refractivity contribution in [2.45, 2.75) is 13.3 Å². The number of rotatable bonds is 1. The molecule has 0 radical (unpaired) electrons. The molecular formula is C5H6OS2. The van der Waals surface area contributed by atoms with E-state index in [1.54, 1.807) is 16.4 Å². The first-order valence-corrected chi connectivity index (χ1v) is 4.57. The highest BCUT2D eigenvalue weighted by atomic mass is 32.9. The monoisotopic (exact) mass is 146 g/mol. The molecule has 0 aliphatic carbocycles. The van der Waals surface area contributed by atoms with Crippen molar-refractivity contribution in [3.63, 3.8) is 0 Å². The minimum absolute atomic E-state index is 0.187. The second kappa shape index (κ2) is 2.42. The van der Waals surface area contributed by atoms with E-state index in [4.69, 9.17) is 0 Å². The van der Waals surface area contributed by atoms with Crippen LogP contribution >= 0.6 is 20.7 Å². The Balaban J connectivity index is 3.01. The summed E-state index contributed by atoms with van der Waals surface area (Å²) in [5.74, 6) is 0. The fourth-order valence-electron chi connectivity index (χ4n) is 0.435. The minimum atomic E-state index is 0.187. The molecule has 0 unspecified atom stereocenters. The van der Waals surface area contributed by atoms with Crippen LogP contribution in [0.2, 0.25) is 0 Å². The Labute approximate surface area is 55.0 Å². The summed E-state index contributed by atoms with van der Waals surface area (Å²) in [6, 6.07) is 1.70. The van der Waals surface area contributed by atoms with Crippen LogP contribution < -0.4 is 4.74 Å². The molecular weight excluding hydrogens is 140 g/mol. The molecule has 1 aromatic rings.